The Kier molecular flexibility index (Phi) is 9.14. The van der Waals surface area contributed by atoms with Gasteiger partial charge in [-0.15, -0.1) is 0 Å². The molecule has 186 valence electrons. The van der Waals surface area contributed by atoms with Crippen LogP contribution in [-0.2, 0) is 26.7 Å². The van der Waals surface area contributed by atoms with Gasteiger partial charge in [0.25, 0.3) is 10.2 Å². The summed E-state index contributed by atoms with van der Waals surface area (Å²) in [5, 5.41) is -0.407. The van der Waals surface area contributed by atoms with Crippen molar-refractivity contribution in [1.82, 2.24) is 13.7 Å². The van der Waals surface area contributed by atoms with Crippen molar-refractivity contribution >= 4 is 25.8 Å². The molecule has 2 aliphatic rings. The third kappa shape index (κ3) is 7.36. The van der Waals surface area contributed by atoms with Crippen LogP contribution in [0.25, 0.3) is 5.57 Å². The molecule has 0 spiro atoms. The van der Waals surface area contributed by atoms with Crippen molar-refractivity contribution in [3.05, 3.63) is 41.5 Å². The van der Waals surface area contributed by atoms with E-state index in [0.29, 0.717) is 44.4 Å². The van der Waals surface area contributed by atoms with Crippen molar-refractivity contribution < 1.29 is 16.8 Å². The van der Waals surface area contributed by atoms with E-state index in [1.165, 1.54) is 15.4 Å². The van der Waals surface area contributed by atoms with E-state index in [1.54, 1.807) is 13.8 Å². The quantitative estimate of drug-likeness (QED) is 0.490. The molecule has 1 heterocycles. The molecule has 0 aromatic heterocycles. The van der Waals surface area contributed by atoms with Gasteiger partial charge in [-0.2, -0.15) is 12.7 Å². The Morgan fingerprint density at radius 1 is 1.00 bits per heavy atom. The first-order chi connectivity index (χ1) is 15.6. The van der Waals surface area contributed by atoms with Gasteiger partial charge in [0.2, 0.25) is 10.0 Å². The summed E-state index contributed by atoms with van der Waals surface area (Å²) in [7, 11) is -6.56. The average molecular weight is 498 g/mol. The minimum absolute atomic E-state index is 0.294. The van der Waals surface area contributed by atoms with E-state index in [1.807, 2.05) is 0 Å². The van der Waals surface area contributed by atoms with Crippen molar-refractivity contribution in [3.8, 4) is 0 Å². The molecule has 0 radical (unpaired) electrons. The van der Waals surface area contributed by atoms with Gasteiger partial charge in [0.05, 0.1) is 5.25 Å². The van der Waals surface area contributed by atoms with Gasteiger partial charge in [-0.1, -0.05) is 37.3 Å². The van der Waals surface area contributed by atoms with E-state index < -0.39 is 25.5 Å². The van der Waals surface area contributed by atoms with Gasteiger partial charge in [-0.3, -0.25) is 0 Å². The maximum atomic E-state index is 12.3. The van der Waals surface area contributed by atoms with E-state index in [-0.39, 0.29) is 0 Å². The molecule has 2 atom stereocenters. The Labute approximate surface area is 200 Å². The number of nitrogens with zero attached hydrogens (tertiary/aromatic N) is 1. The Bertz CT molecular complexity index is 1010. The highest BCUT2D eigenvalue weighted by atomic mass is 32.2. The van der Waals surface area contributed by atoms with Crippen LogP contribution in [0.4, 0.5) is 0 Å². The molecule has 1 aromatic rings. The number of rotatable bonds is 11. The van der Waals surface area contributed by atoms with Gasteiger partial charge in [0.1, 0.15) is 0 Å². The second kappa shape index (κ2) is 11.4. The van der Waals surface area contributed by atoms with E-state index in [0.717, 1.165) is 37.7 Å². The molecule has 1 aromatic carbocycles. The van der Waals surface area contributed by atoms with Crippen molar-refractivity contribution in [2.24, 2.45) is 11.8 Å². The molecule has 0 amide bonds. The monoisotopic (exact) mass is 497 g/mol. The number of benzene rings is 1. The first kappa shape index (κ1) is 26.3. The molecular formula is C24H39N3O4S2. The van der Waals surface area contributed by atoms with Crippen LogP contribution in [0.5, 0.6) is 0 Å². The third-order valence-electron chi connectivity index (χ3n) is 6.91. The highest BCUT2D eigenvalue weighted by Crippen LogP contribution is 2.34. The van der Waals surface area contributed by atoms with Crippen LogP contribution >= 0.6 is 0 Å². The van der Waals surface area contributed by atoms with Gasteiger partial charge in [-0.05, 0) is 80.9 Å². The Morgan fingerprint density at radius 3 is 2.24 bits per heavy atom. The van der Waals surface area contributed by atoms with E-state index in [4.69, 9.17) is 0 Å². The second-order valence-corrected chi connectivity index (χ2v) is 13.7. The molecule has 3 rings (SSSR count). The van der Waals surface area contributed by atoms with Gasteiger partial charge < -0.3 is 0 Å². The maximum Gasteiger partial charge on any atom is 0.279 e. The molecule has 33 heavy (non-hydrogen) atoms. The molecule has 1 fully saturated rings. The van der Waals surface area contributed by atoms with Crippen LogP contribution in [0.2, 0.25) is 0 Å². The molecule has 2 unspecified atom stereocenters. The zero-order valence-corrected chi connectivity index (χ0v) is 21.7. The van der Waals surface area contributed by atoms with E-state index in [2.05, 4.69) is 46.7 Å². The molecule has 9 heteroatoms. The van der Waals surface area contributed by atoms with E-state index in [9.17, 15) is 16.8 Å². The van der Waals surface area contributed by atoms with Crippen molar-refractivity contribution in [2.45, 2.75) is 64.5 Å². The molecule has 0 saturated carbocycles. The predicted molar refractivity (Wildman–Crippen MR) is 134 cm³/mol. The van der Waals surface area contributed by atoms with Gasteiger partial charge in [-0.25, -0.2) is 17.9 Å². The van der Waals surface area contributed by atoms with Crippen LogP contribution in [-0.4, -0.2) is 52.6 Å². The molecule has 1 aliphatic heterocycles. The van der Waals surface area contributed by atoms with Crippen molar-refractivity contribution in [2.75, 3.05) is 26.2 Å². The standard InChI is InChI=1S/C24H39N3O4S2/c1-19(2)32(28,29)26-18-20(3)22-10-12-24(13-11-22)23-8-6-21(7-9-23)14-15-25-33(30,31)27-16-4-5-17-27/h6-9,12,19-20,22,25-26H,4-5,10-11,13-18H2,1-3H3. The second-order valence-electron chi connectivity index (χ2n) is 9.64. The third-order valence-corrected chi connectivity index (χ3v) is 10.3. The summed E-state index contributed by atoms with van der Waals surface area (Å²) in [6.07, 6.45) is 7.83. The van der Waals surface area contributed by atoms with E-state index >= 15 is 0 Å². The van der Waals surface area contributed by atoms with Crippen molar-refractivity contribution in [3.63, 3.8) is 0 Å². The lowest BCUT2D eigenvalue weighted by Crippen LogP contribution is -2.39. The number of nitrogens with one attached hydrogen (secondary N) is 2. The summed E-state index contributed by atoms with van der Waals surface area (Å²) in [6, 6.07) is 8.40. The molecule has 1 aliphatic carbocycles. The highest BCUT2D eigenvalue weighted by Gasteiger charge is 2.25. The largest absolute Gasteiger partial charge is 0.279 e. The van der Waals surface area contributed by atoms with Gasteiger partial charge in [0, 0.05) is 26.2 Å². The summed E-state index contributed by atoms with van der Waals surface area (Å²) in [5.41, 5.74) is 3.66. The SMILES string of the molecule is CC(CNS(=O)(=O)C(C)C)C1CC=C(c2ccc(CCNS(=O)(=O)N3CCCC3)cc2)CC1. The fraction of sp³-hybridized carbons (Fsp3) is 0.667. The smallest absolute Gasteiger partial charge is 0.215 e. The van der Waals surface area contributed by atoms with Crippen LogP contribution in [0.1, 0.15) is 64.0 Å². The van der Waals surface area contributed by atoms with Crippen LogP contribution in [0.15, 0.2) is 30.3 Å². The Balaban J connectivity index is 1.46. The summed E-state index contributed by atoms with van der Waals surface area (Å²) in [5.74, 6) is 0.773. The van der Waals surface area contributed by atoms with Gasteiger partial charge in [0.15, 0.2) is 0 Å². The lowest BCUT2D eigenvalue weighted by Gasteiger charge is -2.28. The first-order valence-corrected chi connectivity index (χ1v) is 15.1. The Morgan fingerprint density at radius 2 is 1.67 bits per heavy atom. The summed E-state index contributed by atoms with van der Waals surface area (Å²) >= 11 is 0. The van der Waals surface area contributed by atoms with Crippen molar-refractivity contribution in [1.29, 1.82) is 0 Å². The zero-order chi connectivity index (χ0) is 24.1. The molecule has 7 nitrogen and oxygen atoms in total. The van der Waals surface area contributed by atoms with Crippen LogP contribution in [0.3, 0.4) is 0 Å². The fourth-order valence-electron chi connectivity index (χ4n) is 4.44. The number of allylic oxidation sites excluding steroid dienone is 2. The summed E-state index contributed by atoms with van der Waals surface area (Å²) in [6.45, 7) is 7.64. The topological polar surface area (TPSA) is 95.6 Å². The number of hydrogen-bond acceptors (Lipinski definition) is 4. The Hall–Kier alpha value is -1.26. The van der Waals surface area contributed by atoms with Gasteiger partial charge >= 0.3 is 0 Å². The number of sulfonamides is 1. The summed E-state index contributed by atoms with van der Waals surface area (Å²) < 4.78 is 55.5. The number of hydrogen-bond donors (Lipinski definition) is 2. The normalized spacial score (nSPS) is 21.3. The predicted octanol–water partition coefficient (Wildman–Crippen LogP) is 3.31. The fourth-order valence-corrected chi connectivity index (χ4v) is 6.55. The van der Waals surface area contributed by atoms with Crippen LogP contribution < -0.4 is 9.44 Å². The first-order valence-electron chi connectivity index (χ1n) is 12.1. The average Bonchev–Trinajstić information content (AvgIpc) is 3.34. The lowest BCUT2D eigenvalue weighted by atomic mass is 9.80. The summed E-state index contributed by atoms with van der Waals surface area (Å²) in [4.78, 5) is 0. The van der Waals surface area contributed by atoms with Crippen LogP contribution in [0, 0.1) is 11.8 Å². The minimum atomic E-state index is -3.35. The zero-order valence-electron chi connectivity index (χ0n) is 20.1. The lowest BCUT2D eigenvalue weighted by molar-refractivity contribution is 0.334. The highest BCUT2D eigenvalue weighted by molar-refractivity contribution is 7.90. The maximum absolute atomic E-state index is 12.3. The molecule has 0 bridgehead atoms. The molecular weight excluding hydrogens is 458 g/mol. The molecule has 2 N–H and O–H groups in total. The molecule has 1 saturated heterocycles. The minimum Gasteiger partial charge on any atom is -0.215 e.